The normalized spacial score (nSPS) is 22.9. The van der Waals surface area contributed by atoms with Gasteiger partial charge < -0.3 is 4.79 Å². The minimum atomic E-state index is -0.383. The number of hydrogen-bond acceptors (Lipinski definition) is 1. The molecule has 1 nitrogen and oxygen atoms in total. The third kappa shape index (κ3) is 1.69. The van der Waals surface area contributed by atoms with Crippen LogP contribution in [0.5, 0.6) is 0 Å². The van der Waals surface area contributed by atoms with Crippen molar-refractivity contribution in [3.63, 3.8) is 0 Å². The Morgan fingerprint density at radius 1 is 1.62 bits per heavy atom. The molecule has 2 rings (SSSR count). The molecule has 1 aromatic carbocycles. The molecule has 16 heavy (non-hydrogen) atoms. The molecule has 1 aromatic rings. The minimum absolute atomic E-state index is 0.383. The van der Waals surface area contributed by atoms with Gasteiger partial charge in [0.2, 0.25) is 0 Å². The smallest absolute Gasteiger partial charge is 0.130 e. The van der Waals surface area contributed by atoms with Gasteiger partial charge in [-0.05, 0) is 43.4 Å². The Hall–Kier alpha value is -1.08. The lowest BCUT2D eigenvalue weighted by atomic mass is 9.78. The standard InChI is InChI=1S/C14H15ClO/c1-10(2)8-14(9-16)7-6-11-12(14)4-3-5-13(11)15/h3-5,9H,1,6-8H2,2H3. The largest absolute Gasteiger partial charge is 0.302 e. The van der Waals surface area contributed by atoms with Gasteiger partial charge in [-0.2, -0.15) is 0 Å². The van der Waals surface area contributed by atoms with Gasteiger partial charge in [0.15, 0.2) is 0 Å². The van der Waals surface area contributed by atoms with Crippen molar-refractivity contribution in [3.8, 4) is 0 Å². The summed E-state index contributed by atoms with van der Waals surface area (Å²) in [7, 11) is 0. The van der Waals surface area contributed by atoms with Crippen molar-refractivity contribution in [2.75, 3.05) is 0 Å². The fraction of sp³-hybridized carbons (Fsp3) is 0.357. The third-order valence-electron chi connectivity index (χ3n) is 3.32. The minimum Gasteiger partial charge on any atom is -0.302 e. The molecular formula is C14H15ClO. The van der Waals surface area contributed by atoms with E-state index in [4.69, 9.17) is 11.6 Å². The van der Waals surface area contributed by atoms with Crippen molar-refractivity contribution in [1.82, 2.24) is 0 Å². The SMILES string of the molecule is C=C(C)CC1(C=O)CCc2c(Cl)cccc21. The molecule has 0 saturated heterocycles. The Bertz CT molecular complexity index is 450. The van der Waals surface area contributed by atoms with E-state index in [1.54, 1.807) is 0 Å². The summed E-state index contributed by atoms with van der Waals surface area (Å²) in [5.41, 5.74) is 2.89. The lowest BCUT2D eigenvalue weighted by molar-refractivity contribution is -0.112. The zero-order valence-electron chi connectivity index (χ0n) is 9.42. The summed E-state index contributed by atoms with van der Waals surface area (Å²) in [6.07, 6.45) is 3.54. The average Bonchev–Trinajstić information content (AvgIpc) is 2.59. The van der Waals surface area contributed by atoms with Crippen LogP contribution in [0, 0.1) is 0 Å². The monoisotopic (exact) mass is 234 g/mol. The van der Waals surface area contributed by atoms with Crippen LogP contribution in [0.3, 0.4) is 0 Å². The molecule has 0 amide bonds. The predicted octanol–water partition coefficient (Wildman–Crippen LogP) is 3.69. The van der Waals surface area contributed by atoms with Gasteiger partial charge in [0.1, 0.15) is 6.29 Å². The maximum atomic E-state index is 11.5. The van der Waals surface area contributed by atoms with Crippen molar-refractivity contribution in [1.29, 1.82) is 0 Å². The number of fused-ring (bicyclic) bond motifs is 1. The molecule has 0 aliphatic heterocycles. The van der Waals surface area contributed by atoms with E-state index in [9.17, 15) is 4.79 Å². The maximum Gasteiger partial charge on any atom is 0.130 e. The first-order valence-electron chi connectivity index (χ1n) is 5.48. The van der Waals surface area contributed by atoms with E-state index in [-0.39, 0.29) is 5.41 Å². The lowest BCUT2D eigenvalue weighted by Crippen LogP contribution is -2.25. The number of benzene rings is 1. The van der Waals surface area contributed by atoms with Gasteiger partial charge in [-0.15, -0.1) is 6.58 Å². The van der Waals surface area contributed by atoms with E-state index in [2.05, 4.69) is 6.58 Å². The first-order chi connectivity index (χ1) is 7.59. The number of rotatable bonds is 3. The van der Waals surface area contributed by atoms with Gasteiger partial charge in [0, 0.05) is 5.02 Å². The zero-order valence-corrected chi connectivity index (χ0v) is 10.2. The molecule has 0 N–H and O–H groups in total. The van der Waals surface area contributed by atoms with Crippen LogP contribution in [0.4, 0.5) is 0 Å². The molecule has 0 spiro atoms. The highest BCUT2D eigenvalue weighted by molar-refractivity contribution is 6.31. The molecule has 1 unspecified atom stereocenters. The second kappa shape index (κ2) is 4.06. The second-order valence-electron chi connectivity index (χ2n) is 4.67. The summed E-state index contributed by atoms with van der Waals surface area (Å²) in [5, 5.41) is 0.781. The first kappa shape index (κ1) is 11.4. The van der Waals surface area contributed by atoms with Gasteiger partial charge in [0.05, 0.1) is 5.41 Å². The third-order valence-corrected chi connectivity index (χ3v) is 3.67. The van der Waals surface area contributed by atoms with Gasteiger partial charge >= 0.3 is 0 Å². The van der Waals surface area contributed by atoms with Crippen LogP contribution in [0.2, 0.25) is 5.02 Å². The van der Waals surface area contributed by atoms with Crippen LogP contribution in [-0.4, -0.2) is 6.29 Å². The fourth-order valence-electron chi connectivity index (χ4n) is 2.65. The van der Waals surface area contributed by atoms with E-state index >= 15 is 0 Å². The number of halogens is 1. The van der Waals surface area contributed by atoms with Crippen LogP contribution in [0.1, 0.15) is 30.9 Å². The van der Waals surface area contributed by atoms with Gasteiger partial charge in [-0.3, -0.25) is 0 Å². The first-order valence-corrected chi connectivity index (χ1v) is 5.85. The van der Waals surface area contributed by atoms with Crippen molar-refractivity contribution in [2.24, 2.45) is 0 Å². The Morgan fingerprint density at radius 3 is 3.00 bits per heavy atom. The van der Waals surface area contributed by atoms with Gasteiger partial charge in [-0.1, -0.05) is 29.3 Å². The number of hydrogen-bond donors (Lipinski definition) is 0. The van der Waals surface area contributed by atoms with Crippen LogP contribution >= 0.6 is 11.6 Å². The average molecular weight is 235 g/mol. The summed E-state index contributed by atoms with van der Waals surface area (Å²) in [4.78, 5) is 11.5. The summed E-state index contributed by atoms with van der Waals surface area (Å²) < 4.78 is 0. The van der Waals surface area contributed by atoms with Crippen LogP contribution in [0.25, 0.3) is 0 Å². The summed E-state index contributed by atoms with van der Waals surface area (Å²) in [5.74, 6) is 0. The number of carbonyl (C=O) groups excluding carboxylic acids is 1. The van der Waals surface area contributed by atoms with Crippen LogP contribution < -0.4 is 0 Å². The maximum absolute atomic E-state index is 11.5. The van der Waals surface area contributed by atoms with Crippen molar-refractivity contribution >= 4 is 17.9 Å². The van der Waals surface area contributed by atoms with E-state index in [1.807, 2.05) is 25.1 Å². The number of carbonyl (C=O) groups is 1. The van der Waals surface area contributed by atoms with Gasteiger partial charge in [-0.25, -0.2) is 0 Å². The zero-order chi connectivity index (χ0) is 11.8. The van der Waals surface area contributed by atoms with E-state index < -0.39 is 0 Å². The van der Waals surface area contributed by atoms with E-state index in [0.29, 0.717) is 0 Å². The molecule has 2 heteroatoms. The highest BCUT2D eigenvalue weighted by Gasteiger charge is 2.39. The summed E-state index contributed by atoms with van der Waals surface area (Å²) in [6.45, 7) is 5.88. The highest BCUT2D eigenvalue weighted by atomic mass is 35.5. The molecule has 0 heterocycles. The quantitative estimate of drug-likeness (QED) is 0.576. The number of aldehydes is 1. The lowest BCUT2D eigenvalue weighted by Gasteiger charge is -2.24. The molecule has 0 bridgehead atoms. The van der Waals surface area contributed by atoms with Crippen molar-refractivity contribution in [2.45, 2.75) is 31.6 Å². The Morgan fingerprint density at radius 2 is 2.38 bits per heavy atom. The fourth-order valence-corrected chi connectivity index (χ4v) is 2.92. The molecule has 0 saturated carbocycles. The van der Waals surface area contributed by atoms with Crippen LogP contribution in [-0.2, 0) is 16.6 Å². The van der Waals surface area contributed by atoms with Crippen molar-refractivity contribution in [3.05, 3.63) is 46.5 Å². The van der Waals surface area contributed by atoms with E-state index in [1.165, 1.54) is 0 Å². The molecule has 1 atom stereocenters. The topological polar surface area (TPSA) is 17.1 Å². The summed E-state index contributed by atoms with van der Waals surface area (Å²) in [6, 6.07) is 5.83. The molecule has 84 valence electrons. The second-order valence-corrected chi connectivity index (χ2v) is 5.08. The molecule has 0 aromatic heterocycles. The molecule has 1 aliphatic carbocycles. The van der Waals surface area contributed by atoms with E-state index in [0.717, 1.165) is 47.3 Å². The highest BCUT2D eigenvalue weighted by Crippen LogP contribution is 2.43. The Labute approximate surface area is 101 Å². The van der Waals surface area contributed by atoms with Gasteiger partial charge in [0.25, 0.3) is 0 Å². The molecule has 0 radical (unpaired) electrons. The Kier molecular flexibility index (Phi) is 2.90. The molecular weight excluding hydrogens is 220 g/mol. The Balaban J connectivity index is 2.51. The van der Waals surface area contributed by atoms with Crippen LogP contribution in [0.15, 0.2) is 30.4 Å². The molecule has 1 aliphatic rings. The summed E-state index contributed by atoms with van der Waals surface area (Å²) >= 11 is 6.15. The number of allylic oxidation sites excluding steroid dienone is 1. The predicted molar refractivity (Wildman–Crippen MR) is 66.9 cm³/mol. The molecule has 0 fully saturated rings. The van der Waals surface area contributed by atoms with Crippen molar-refractivity contribution < 1.29 is 4.79 Å².